The predicted molar refractivity (Wildman–Crippen MR) is 124 cm³/mol. The van der Waals surface area contributed by atoms with Crippen LogP contribution in [-0.2, 0) is 0 Å². The third-order valence-electron chi connectivity index (χ3n) is 8.27. The Hall–Kier alpha value is -2.47. The van der Waals surface area contributed by atoms with Gasteiger partial charge in [-0.3, -0.25) is 9.69 Å². The monoisotopic (exact) mass is 435 g/mol. The van der Waals surface area contributed by atoms with Crippen molar-refractivity contribution in [1.82, 2.24) is 14.8 Å². The third kappa shape index (κ3) is 3.14. The highest BCUT2D eigenvalue weighted by Gasteiger charge is 2.47. The molecule has 4 aliphatic rings. The number of methoxy groups -OCH3 is 2. The molecule has 6 heteroatoms. The normalized spacial score (nSPS) is 29.8. The molecular weight excluding hydrogens is 402 g/mol. The Bertz CT molecular complexity index is 1030. The molecular formula is C26H33N3O3. The van der Waals surface area contributed by atoms with Crippen LogP contribution >= 0.6 is 0 Å². The number of piperidine rings is 3. The third-order valence-corrected chi connectivity index (χ3v) is 8.27. The molecule has 3 saturated heterocycles. The van der Waals surface area contributed by atoms with Gasteiger partial charge in [-0.2, -0.15) is 0 Å². The lowest BCUT2D eigenvalue weighted by atomic mass is 9.68. The minimum Gasteiger partial charge on any atom is -0.493 e. The van der Waals surface area contributed by atoms with Gasteiger partial charge in [-0.1, -0.05) is 18.1 Å². The second kappa shape index (κ2) is 7.84. The number of aromatic nitrogens is 1. The number of H-pyrrole nitrogens is 1. The van der Waals surface area contributed by atoms with Gasteiger partial charge in [-0.15, -0.1) is 0 Å². The van der Waals surface area contributed by atoms with Gasteiger partial charge in [0, 0.05) is 36.1 Å². The van der Waals surface area contributed by atoms with Gasteiger partial charge in [0.15, 0.2) is 11.5 Å². The Morgan fingerprint density at radius 1 is 1.06 bits per heavy atom. The van der Waals surface area contributed by atoms with E-state index in [9.17, 15) is 4.79 Å². The molecule has 32 heavy (non-hydrogen) atoms. The molecule has 0 spiro atoms. The summed E-state index contributed by atoms with van der Waals surface area (Å²) in [5.74, 6) is 2.71. The quantitative estimate of drug-likeness (QED) is 0.734. The topological polar surface area (TPSA) is 57.8 Å². The number of amides is 1. The van der Waals surface area contributed by atoms with E-state index in [-0.39, 0.29) is 11.9 Å². The second-order valence-corrected chi connectivity index (χ2v) is 9.98. The van der Waals surface area contributed by atoms with Crippen LogP contribution in [0.4, 0.5) is 0 Å². The van der Waals surface area contributed by atoms with Crippen LogP contribution in [0.25, 0.3) is 10.9 Å². The molecule has 4 atom stereocenters. The molecule has 6 rings (SSSR count). The van der Waals surface area contributed by atoms with E-state index in [1.165, 1.54) is 37.8 Å². The number of rotatable bonds is 3. The van der Waals surface area contributed by atoms with Crippen molar-refractivity contribution in [2.24, 2.45) is 11.8 Å². The zero-order valence-electron chi connectivity index (χ0n) is 19.1. The Balaban J connectivity index is 1.32. The van der Waals surface area contributed by atoms with Crippen molar-refractivity contribution in [1.29, 1.82) is 0 Å². The van der Waals surface area contributed by atoms with Gasteiger partial charge in [-0.05, 0) is 62.6 Å². The molecule has 1 aromatic carbocycles. The van der Waals surface area contributed by atoms with Gasteiger partial charge >= 0.3 is 0 Å². The number of ether oxygens (including phenoxy) is 2. The molecule has 0 saturated carbocycles. The molecule has 3 fully saturated rings. The predicted octanol–water partition coefficient (Wildman–Crippen LogP) is 4.22. The Morgan fingerprint density at radius 2 is 1.91 bits per heavy atom. The summed E-state index contributed by atoms with van der Waals surface area (Å²) in [6.45, 7) is 3.22. The van der Waals surface area contributed by atoms with E-state index >= 15 is 0 Å². The van der Waals surface area contributed by atoms with Crippen LogP contribution in [0.5, 0.6) is 11.5 Å². The van der Waals surface area contributed by atoms with Gasteiger partial charge in [0.2, 0.25) is 0 Å². The number of nitrogens with one attached hydrogen (secondary N) is 1. The van der Waals surface area contributed by atoms with Gasteiger partial charge in [-0.25, -0.2) is 0 Å². The first kappa shape index (κ1) is 20.2. The van der Waals surface area contributed by atoms with E-state index < -0.39 is 0 Å². The van der Waals surface area contributed by atoms with E-state index in [4.69, 9.17) is 9.47 Å². The SMILES string of the molecule is COc1cc2cc(C(=O)N3CCCC4=C[C@H]5C[C@@H](CN6CCCC[C@H]56)[C@@H]43)[nH]c2cc1OC. The average Bonchev–Trinajstić information content (AvgIpc) is 3.25. The smallest absolute Gasteiger partial charge is 0.270 e. The van der Waals surface area contributed by atoms with Crippen molar-refractivity contribution in [3.8, 4) is 11.5 Å². The minimum absolute atomic E-state index is 0.119. The highest BCUT2D eigenvalue weighted by molar-refractivity contribution is 5.99. The van der Waals surface area contributed by atoms with E-state index in [1.807, 2.05) is 18.2 Å². The van der Waals surface area contributed by atoms with Crippen molar-refractivity contribution < 1.29 is 14.3 Å². The molecule has 1 N–H and O–H groups in total. The van der Waals surface area contributed by atoms with Gasteiger partial charge in [0.25, 0.3) is 5.91 Å². The summed E-state index contributed by atoms with van der Waals surface area (Å²) in [6, 6.07) is 6.80. The van der Waals surface area contributed by atoms with Crippen molar-refractivity contribution in [2.45, 2.75) is 50.6 Å². The number of carbonyl (C=O) groups is 1. The van der Waals surface area contributed by atoms with E-state index in [1.54, 1.807) is 14.2 Å². The van der Waals surface area contributed by atoms with E-state index in [0.717, 1.165) is 42.9 Å². The van der Waals surface area contributed by atoms with E-state index in [2.05, 4.69) is 20.9 Å². The fraction of sp³-hybridized carbons (Fsp3) is 0.577. The average molecular weight is 436 g/mol. The van der Waals surface area contributed by atoms with Crippen LogP contribution in [0, 0.1) is 11.8 Å². The summed E-state index contributed by atoms with van der Waals surface area (Å²) >= 11 is 0. The lowest BCUT2D eigenvalue weighted by Crippen LogP contribution is -2.60. The zero-order valence-corrected chi connectivity index (χ0v) is 19.1. The summed E-state index contributed by atoms with van der Waals surface area (Å²) < 4.78 is 10.9. The summed E-state index contributed by atoms with van der Waals surface area (Å²) in [4.78, 5) is 22.0. The van der Waals surface area contributed by atoms with Gasteiger partial charge < -0.3 is 19.4 Å². The first-order valence-electron chi connectivity index (χ1n) is 12.2. The lowest BCUT2D eigenvalue weighted by Gasteiger charge is -2.54. The lowest BCUT2D eigenvalue weighted by molar-refractivity contribution is 0.00134. The maximum atomic E-state index is 13.8. The molecule has 0 radical (unpaired) electrons. The number of nitrogens with zero attached hydrogens (tertiary/aromatic N) is 2. The number of aromatic amines is 1. The van der Waals surface area contributed by atoms with Crippen molar-refractivity contribution >= 4 is 16.8 Å². The molecule has 3 aliphatic heterocycles. The number of hydrogen-bond donors (Lipinski definition) is 1. The number of likely N-dealkylation sites (tertiary alicyclic amines) is 1. The zero-order chi connectivity index (χ0) is 21.8. The summed E-state index contributed by atoms with van der Waals surface area (Å²) in [6.07, 6.45) is 10.1. The highest BCUT2D eigenvalue weighted by Crippen LogP contribution is 2.45. The maximum Gasteiger partial charge on any atom is 0.270 e. The number of benzene rings is 1. The molecule has 4 heterocycles. The van der Waals surface area contributed by atoms with Crippen molar-refractivity contribution in [3.05, 3.63) is 35.5 Å². The van der Waals surface area contributed by atoms with Gasteiger partial charge in [0.1, 0.15) is 5.69 Å². The molecule has 1 aromatic heterocycles. The number of fused-ring (bicyclic) bond motifs is 7. The van der Waals surface area contributed by atoms with Crippen LogP contribution in [0.2, 0.25) is 0 Å². The first-order chi connectivity index (χ1) is 15.7. The van der Waals surface area contributed by atoms with E-state index in [0.29, 0.717) is 29.0 Å². The molecule has 170 valence electrons. The molecule has 6 nitrogen and oxygen atoms in total. The fourth-order valence-electron chi connectivity index (χ4n) is 6.93. The summed E-state index contributed by atoms with van der Waals surface area (Å²) in [5, 5.41) is 0.969. The minimum atomic E-state index is 0.119. The second-order valence-electron chi connectivity index (χ2n) is 9.98. The molecule has 1 aliphatic carbocycles. The largest absolute Gasteiger partial charge is 0.493 e. The maximum absolute atomic E-state index is 13.8. The molecule has 2 aromatic rings. The van der Waals surface area contributed by atoms with Crippen LogP contribution in [0.3, 0.4) is 0 Å². The number of carbonyl (C=O) groups excluding carboxylic acids is 1. The van der Waals surface area contributed by atoms with Crippen molar-refractivity contribution in [2.75, 3.05) is 33.9 Å². The van der Waals surface area contributed by atoms with Gasteiger partial charge in [0.05, 0.1) is 20.3 Å². The Labute approximate surface area is 189 Å². The first-order valence-corrected chi connectivity index (χ1v) is 12.2. The summed E-state index contributed by atoms with van der Waals surface area (Å²) in [7, 11) is 3.27. The molecule has 0 unspecified atom stereocenters. The highest BCUT2D eigenvalue weighted by atomic mass is 16.5. The fourth-order valence-corrected chi connectivity index (χ4v) is 6.93. The van der Waals surface area contributed by atoms with Crippen molar-refractivity contribution in [3.63, 3.8) is 0 Å². The van der Waals surface area contributed by atoms with Crippen LogP contribution in [0.1, 0.15) is 49.0 Å². The molecule has 2 bridgehead atoms. The van der Waals surface area contributed by atoms with Crippen LogP contribution in [-0.4, -0.2) is 66.6 Å². The van der Waals surface area contributed by atoms with Crippen LogP contribution in [0.15, 0.2) is 29.8 Å². The Kier molecular flexibility index (Phi) is 4.94. The number of hydrogen-bond acceptors (Lipinski definition) is 4. The van der Waals surface area contributed by atoms with Crippen LogP contribution < -0.4 is 9.47 Å². The Morgan fingerprint density at radius 3 is 2.75 bits per heavy atom. The molecule has 1 amide bonds. The summed E-state index contributed by atoms with van der Waals surface area (Å²) in [5.41, 5.74) is 3.08. The standard InChI is InChI=1S/C26H33N3O3/c1-31-23-13-17-12-21(27-20(17)14-24(23)32-2)26(30)29-9-5-6-16-10-18-11-19(25(16)29)15-28-8-4-3-7-22(18)28/h10,12-14,18-19,22,25,27H,3-9,11,15H2,1-2H3/t18-,19-,22+,25+/m0/s1.